The first kappa shape index (κ1) is 10.9. The average Bonchev–Trinajstić information content (AvgIpc) is 2.27. The molecule has 0 atom stereocenters. The average molecular weight is 215 g/mol. The summed E-state index contributed by atoms with van der Waals surface area (Å²) in [5, 5.41) is 5.24. The second-order valence-corrected chi connectivity index (χ2v) is 4.44. The summed E-state index contributed by atoms with van der Waals surface area (Å²) in [5.41, 5.74) is 0.923. The third-order valence-corrected chi connectivity index (χ3v) is 2.74. The quantitative estimate of drug-likeness (QED) is 0.781. The zero-order valence-electron chi connectivity index (χ0n) is 9.79. The maximum absolute atomic E-state index is 12.0. The molecule has 0 aromatic heterocycles. The molecule has 0 bridgehead atoms. The maximum Gasteiger partial charge on any atom is 0.248 e. The highest BCUT2D eigenvalue weighted by Gasteiger charge is 2.13. The van der Waals surface area contributed by atoms with Gasteiger partial charge in [-0.05, 0) is 37.1 Å². The monoisotopic (exact) mass is 215 g/mol. The molecule has 1 aromatic rings. The van der Waals surface area contributed by atoms with Crippen molar-refractivity contribution in [3.63, 3.8) is 0 Å². The Hall–Kier alpha value is -1.57. The summed E-state index contributed by atoms with van der Waals surface area (Å²) in [6, 6.07) is 8.29. The summed E-state index contributed by atoms with van der Waals surface area (Å²) in [4.78, 5) is 12.0. The van der Waals surface area contributed by atoms with Crippen molar-refractivity contribution in [2.24, 2.45) is 0 Å². The largest absolute Gasteiger partial charge is 0.350 e. The lowest BCUT2D eigenvalue weighted by molar-refractivity contribution is -0.116. The van der Waals surface area contributed by atoms with Crippen molar-refractivity contribution in [3.8, 4) is 0 Å². The Labute approximate surface area is 95.7 Å². The normalized spacial score (nSPS) is 14.3. The summed E-state index contributed by atoms with van der Waals surface area (Å²) in [7, 11) is 0. The Morgan fingerprint density at radius 2 is 2.06 bits per heavy atom. The van der Waals surface area contributed by atoms with Gasteiger partial charge in [0.2, 0.25) is 5.91 Å². The molecule has 16 heavy (non-hydrogen) atoms. The number of hydrogen-bond donors (Lipinski definition) is 1. The molecule has 84 valence electrons. The number of carbonyl (C=O) groups is 1. The van der Waals surface area contributed by atoms with Crippen LogP contribution in [0.15, 0.2) is 24.3 Å². The number of nitrogens with one attached hydrogen (secondary N) is 1. The fourth-order valence-corrected chi connectivity index (χ4v) is 2.04. The Kier molecular flexibility index (Phi) is 3.09. The SMILES string of the molecule is CC(C)NC(=O)C1=c2ccccc2=CCC1. The predicted octanol–water partition coefficient (Wildman–Crippen LogP) is 0.936. The standard InChI is InChI=1S/C14H17NO/c1-10(2)15-14(16)13-9-5-7-11-6-3-4-8-12(11)13/h3-4,6-8,10H,5,9H2,1-2H3,(H,15,16). The van der Waals surface area contributed by atoms with Gasteiger partial charge in [0.15, 0.2) is 0 Å². The number of hydrogen-bond acceptors (Lipinski definition) is 1. The van der Waals surface area contributed by atoms with Gasteiger partial charge in [0.25, 0.3) is 0 Å². The van der Waals surface area contributed by atoms with Gasteiger partial charge in [-0.25, -0.2) is 0 Å². The molecule has 1 aliphatic rings. The molecule has 0 heterocycles. The van der Waals surface area contributed by atoms with E-state index in [4.69, 9.17) is 0 Å². The minimum absolute atomic E-state index is 0.0792. The van der Waals surface area contributed by atoms with Crippen LogP contribution in [0.25, 0.3) is 11.6 Å². The van der Waals surface area contributed by atoms with Crippen molar-refractivity contribution in [2.75, 3.05) is 0 Å². The molecule has 1 amide bonds. The summed E-state index contributed by atoms with van der Waals surface area (Å²) < 4.78 is 0. The highest BCUT2D eigenvalue weighted by Crippen LogP contribution is 2.08. The van der Waals surface area contributed by atoms with E-state index in [2.05, 4.69) is 17.5 Å². The van der Waals surface area contributed by atoms with E-state index < -0.39 is 0 Å². The molecule has 2 nitrogen and oxygen atoms in total. The molecule has 1 aromatic carbocycles. The molecule has 0 radical (unpaired) electrons. The van der Waals surface area contributed by atoms with Gasteiger partial charge in [-0.15, -0.1) is 0 Å². The Balaban J connectivity index is 2.49. The summed E-state index contributed by atoms with van der Waals surface area (Å²) in [6.07, 6.45) is 3.99. The first-order valence-electron chi connectivity index (χ1n) is 5.78. The first-order valence-corrected chi connectivity index (χ1v) is 5.78. The van der Waals surface area contributed by atoms with Gasteiger partial charge in [0.05, 0.1) is 0 Å². The summed E-state index contributed by atoms with van der Waals surface area (Å²) in [5.74, 6) is 0.0792. The van der Waals surface area contributed by atoms with Crippen molar-refractivity contribution in [1.29, 1.82) is 0 Å². The lowest BCUT2D eigenvalue weighted by atomic mass is 9.99. The van der Waals surface area contributed by atoms with Gasteiger partial charge in [-0.3, -0.25) is 4.79 Å². The maximum atomic E-state index is 12.0. The lowest BCUT2D eigenvalue weighted by Crippen LogP contribution is -2.38. The van der Waals surface area contributed by atoms with E-state index in [1.807, 2.05) is 32.0 Å². The van der Waals surface area contributed by atoms with Gasteiger partial charge >= 0.3 is 0 Å². The topological polar surface area (TPSA) is 29.1 Å². The molecule has 1 aliphatic carbocycles. The molecule has 1 N–H and O–H groups in total. The van der Waals surface area contributed by atoms with Gasteiger partial charge < -0.3 is 5.32 Å². The smallest absolute Gasteiger partial charge is 0.248 e. The molecular weight excluding hydrogens is 198 g/mol. The highest BCUT2D eigenvalue weighted by molar-refractivity contribution is 6.13. The third kappa shape index (κ3) is 2.16. The van der Waals surface area contributed by atoms with Gasteiger partial charge in [0.1, 0.15) is 0 Å². The number of carbonyl (C=O) groups excluding carboxylic acids is 1. The zero-order chi connectivity index (χ0) is 11.5. The van der Waals surface area contributed by atoms with E-state index in [0.717, 1.165) is 23.6 Å². The van der Waals surface area contributed by atoms with Crippen molar-refractivity contribution in [2.45, 2.75) is 32.7 Å². The van der Waals surface area contributed by atoms with Crippen LogP contribution >= 0.6 is 0 Å². The molecule has 0 unspecified atom stereocenters. The lowest BCUT2D eigenvalue weighted by Gasteiger charge is -2.13. The first-order chi connectivity index (χ1) is 7.68. The van der Waals surface area contributed by atoms with Gasteiger partial charge in [-0.1, -0.05) is 30.3 Å². The van der Waals surface area contributed by atoms with E-state index in [-0.39, 0.29) is 11.9 Å². The number of benzene rings is 1. The molecule has 0 spiro atoms. The molecule has 0 fully saturated rings. The second kappa shape index (κ2) is 4.52. The Bertz CT molecular complexity index is 514. The number of rotatable bonds is 2. The molecule has 0 saturated carbocycles. The van der Waals surface area contributed by atoms with Crippen LogP contribution < -0.4 is 15.8 Å². The van der Waals surface area contributed by atoms with Crippen molar-refractivity contribution in [1.82, 2.24) is 5.32 Å². The molecular formula is C14H17NO. The van der Waals surface area contributed by atoms with Crippen LogP contribution in [0.5, 0.6) is 0 Å². The van der Waals surface area contributed by atoms with Crippen LogP contribution in [0.1, 0.15) is 26.7 Å². The van der Waals surface area contributed by atoms with E-state index in [9.17, 15) is 4.79 Å². The Morgan fingerprint density at radius 1 is 1.31 bits per heavy atom. The van der Waals surface area contributed by atoms with Gasteiger partial charge in [0, 0.05) is 11.6 Å². The number of amides is 1. The minimum atomic E-state index is 0.0792. The fraction of sp³-hybridized carbons (Fsp3) is 0.357. The van der Waals surface area contributed by atoms with E-state index in [1.165, 1.54) is 5.22 Å². The van der Waals surface area contributed by atoms with Crippen molar-refractivity contribution < 1.29 is 4.79 Å². The molecule has 2 heteroatoms. The van der Waals surface area contributed by atoms with E-state index >= 15 is 0 Å². The highest BCUT2D eigenvalue weighted by atomic mass is 16.1. The van der Waals surface area contributed by atoms with Crippen LogP contribution in [-0.2, 0) is 4.79 Å². The summed E-state index contributed by atoms with van der Waals surface area (Å²) >= 11 is 0. The van der Waals surface area contributed by atoms with Crippen LogP contribution in [0, 0.1) is 0 Å². The van der Waals surface area contributed by atoms with Crippen LogP contribution in [0.4, 0.5) is 0 Å². The van der Waals surface area contributed by atoms with E-state index in [1.54, 1.807) is 0 Å². The van der Waals surface area contributed by atoms with Crippen LogP contribution in [0.3, 0.4) is 0 Å². The predicted molar refractivity (Wildman–Crippen MR) is 66.1 cm³/mol. The van der Waals surface area contributed by atoms with Crippen LogP contribution in [-0.4, -0.2) is 11.9 Å². The second-order valence-electron chi connectivity index (χ2n) is 4.44. The molecule has 0 aliphatic heterocycles. The number of fused-ring (bicyclic) bond motifs is 1. The van der Waals surface area contributed by atoms with Crippen LogP contribution in [0.2, 0.25) is 0 Å². The van der Waals surface area contributed by atoms with Gasteiger partial charge in [-0.2, -0.15) is 0 Å². The zero-order valence-corrected chi connectivity index (χ0v) is 9.79. The summed E-state index contributed by atoms with van der Waals surface area (Å²) in [6.45, 7) is 3.97. The van der Waals surface area contributed by atoms with E-state index in [0.29, 0.717) is 0 Å². The minimum Gasteiger partial charge on any atom is -0.350 e. The van der Waals surface area contributed by atoms with Crippen molar-refractivity contribution in [3.05, 3.63) is 34.7 Å². The third-order valence-electron chi connectivity index (χ3n) is 2.74. The Morgan fingerprint density at radius 3 is 2.81 bits per heavy atom. The fourth-order valence-electron chi connectivity index (χ4n) is 2.04. The molecule has 0 saturated heterocycles. The van der Waals surface area contributed by atoms with Crippen molar-refractivity contribution >= 4 is 17.6 Å². The molecule has 2 rings (SSSR count).